The van der Waals surface area contributed by atoms with Gasteiger partial charge in [-0.15, -0.1) is 0 Å². The first-order valence-corrected chi connectivity index (χ1v) is 6.24. The molecule has 0 saturated heterocycles. The molecule has 1 aromatic carbocycles. The Kier molecular flexibility index (Phi) is 4.72. The maximum atomic E-state index is 12.2. The Morgan fingerprint density at radius 1 is 1.58 bits per heavy atom. The highest BCUT2D eigenvalue weighted by atomic mass is 32.1. The van der Waals surface area contributed by atoms with E-state index in [4.69, 9.17) is 22.7 Å². The first-order chi connectivity index (χ1) is 8.84. The van der Waals surface area contributed by atoms with Gasteiger partial charge in [0, 0.05) is 0 Å². The average molecular weight is 282 g/mol. The molecule has 5 nitrogen and oxygen atoms in total. The summed E-state index contributed by atoms with van der Waals surface area (Å²) in [5.74, 6) is -0.0929. The molecular formula is C13H18N2O3S. The number of hydrogen-bond acceptors (Lipinski definition) is 4. The van der Waals surface area contributed by atoms with Crippen LogP contribution in [0.4, 0.5) is 0 Å². The molecule has 1 atom stereocenters. The fourth-order valence-electron chi connectivity index (χ4n) is 1.47. The van der Waals surface area contributed by atoms with Gasteiger partial charge in [-0.1, -0.05) is 19.1 Å². The number of phenols is 1. The molecule has 0 bridgehead atoms. The lowest BCUT2D eigenvalue weighted by Crippen LogP contribution is -2.54. The third kappa shape index (κ3) is 3.35. The molecule has 1 aromatic rings. The van der Waals surface area contributed by atoms with E-state index in [1.54, 1.807) is 13.0 Å². The molecular weight excluding hydrogens is 264 g/mol. The molecule has 1 amide bonds. The van der Waals surface area contributed by atoms with Crippen LogP contribution in [0.15, 0.2) is 18.2 Å². The van der Waals surface area contributed by atoms with Crippen molar-refractivity contribution in [2.24, 2.45) is 5.73 Å². The molecule has 0 heterocycles. The Morgan fingerprint density at radius 2 is 2.21 bits per heavy atom. The summed E-state index contributed by atoms with van der Waals surface area (Å²) in [6.07, 6.45) is 0.554. The summed E-state index contributed by atoms with van der Waals surface area (Å²) < 4.78 is 5.02. The molecule has 0 fully saturated rings. The molecule has 6 heteroatoms. The molecule has 0 spiro atoms. The minimum Gasteiger partial charge on any atom is -0.507 e. The van der Waals surface area contributed by atoms with Crippen molar-refractivity contribution in [3.63, 3.8) is 0 Å². The van der Waals surface area contributed by atoms with Crippen LogP contribution in [0.25, 0.3) is 0 Å². The second-order valence-corrected chi connectivity index (χ2v) is 4.83. The van der Waals surface area contributed by atoms with Crippen LogP contribution in [0.1, 0.15) is 30.6 Å². The zero-order chi connectivity index (χ0) is 14.6. The van der Waals surface area contributed by atoms with Crippen molar-refractivity contribution in [2.45, 2.75) is 25.8 Å². The van der Waals surface area contributed by atoms with Gasteiger partial charge in [-0.2, -0.15) is 0 Å². The Bertz CT molecular complexity index is 505. The van der Waals surface area contributed by atoms with E-state index >= 15 is 0 Å². The molecule has 104 valence electrons. The van der Waals surface area contributed by atoms with Gasteiger partial charge in [0.05, 0.1) is 23.2 Å². The van der Waals surface area contributed by atoms with Gasteiger partial charge < -0.3 is 20.9 Å². The van der Waals surface area contributed by atoms with Gasteiger partial charge in [-0.25, -0.2) is 0 Å². The normalized spacial score (nSPS) is 13.4. The summed E-state index contributed by atoms with van der Waals surface area (Å²) in [5.41, 5.74) is 4.96. The number of rotatable bonds is 5. The van der Waals surface area contributed by atoms with Crippen molar-refractivity contribution >= 4 is 23.1 Å². The Labute approximate surface area is 117 Å². The van der Waals surface area contributed by atoms with E-state index in [9.17, 15) is 9.90 Å². The highest BCUT2D eigenvalue weighted by molar-refractivity contribution is 7.80. The first kappa shape index (κ1) is 15.2. The first-order valence-electron chi connectivity index (χ1n) is 5.83. The lowest BCUT2D eigenvalue weighted by Gasteiger charge is -2.28. The molecule has 0 aliphatic heterocycles. The number of hydrogen-bond donors (Lipinski definition) is 3. The van der Waals surface area contributed by atoms with E-state index < -0.39 is 11.4 Å². The number of amides is 1. The van der Waals surface area contributed by atoms with E-state index in [0.717, 1.165) is 0 Å². The third-order valence-electron chi connectivity index (χ3n) is 3.09. The smallest absolute Gasteiger partial charge is 0.255 e. The van der Waals surface area contributed by atoms with Crippen molar-refractivity contribution < 1.29 is 14.6 Å². The van der Waals surface area contributed by atoms with Crippen molar-refractivity contribution in [3.8, 4) is 11.5 Å². The monoisotopic (exact) mass is 282 g/mol. The predicted molar refractivity (Wildman–Crippen MR) is 77.6 cm³/mol. The molecule has 0 aromatic heterocycles. The van der Waals surface area contributed by atoms with Gasteiger partial charge >= 0.3 is 0 Å². The Balaban J connectivity index is 3.04. The molecule has 0 aliphatic carbocycles. The van der Waals surface area contributed by atoms with Crippen molar-refractivity contribution in [3.05, 3.63) is 23.8 Å². The van der Waals surface area contributed by atoms with Gasteiger partial charge in [-0.05, 0) is 31.5 Å². The number of carbonyl (C=O) groups excluding carboxylic acids is 1. The van der Waals surface area contributed by atoms with Gasteiger partial charge in [0.1, 0.15) is 11.5 Å². The maximum Gasteiger partial charge on any atom is 0.255 e. The summed E-state index contributed by atoms with van der Waals surface area (Å²) in [5, 5.41) is 12.5. The van der Waals surface area contributed by atoms with Crippen LogP contribution in [0, 0.1) is 0 Å². The highest BCUT2D eigenvalue weighted by Gasteiger charge is 2.29. The van der Waals surface area contributed by atoms with E-state index in [1.165, 1.54) is 19.2 Å². The Morgan fingerprint density at radius 3 is 2.68 bits per heavy atom. The topological polar surface area (TPSA) is 84.6 Å². The maximum absolute atomic E-state index is 12.2. The van der Waals surface area contributed by atoms with Crippen LogP contribution < -0.4 is 15.8 Å². The lowest BCUT2D eigenvalue weighted by molar-refractivity contribution is 0.0923. The van der Waals surface area contributed by atoms with Crippen molar-refractivity contribution in [1.29, 1.82) is 0 Å². The zero-order valence-corrected chi connectivity index (χ0v) is 12.0. The minimum atomic E-state index is -0.790. The third-order valence-corrected chi connectivity index (χ3v) is 3.54. The van der Waals surface area contributed by atoms with Gasteiger partial charge in [-0.3, -0.25) is 4.79 Å². The quantitative estimate of drug-likeness (QED) is 0.714. The van der Waals surface area contributed by atoms with Crippen molar-refractivity contribution in [1.82, 2.24) is 5.32 Å². The molecule has 0 saturated carbocycles. The average Bonchev–Trinajstić information content (AvgIpc) is 2.38. The second-order valence-electron chi connectivity index (χ2n) is 4.39. The molecule has 1 unspecified atom stereocenters. The molecule has 0 aliphatic rings. The summed E-state index contributed by atoms with van der Waals surface area (Å²) >= 11 is 4.96. The number of nitrogens with two attached hydrogens (primary N) is 1. The predicted octanol–water partition coefficient (Wildman–Crippen LogP) is 1.59. The van der Waals surface area contributed by atoms with Crippen LogP contribution in [0.3, 0.4) is 0 Å². The van der Waals surface area contributed by atoms with Gasteiger partial charge in [0.2, 0.25) is 0 Å². The summed E-state index contributed by atoms with van der Waals surface area (Å²) in [6.45, 7) is 3.61. The molecule has 1 rings (SSSR count). The number of aromatic hydroxyl groups is 1. The van der Waals surface area contributed by atoms with Crippen LogP contribution >= 0.6 is 12.2 Å². The molecule has 19 heavy (non-hydrogen) atoms. The molecule has 4 N–H and O–H groups in total. The molecule has 0 radical (unpaired) electrons. The van der Waals surface area contributed by atoms with Crippen LogP contribution in [0.2, 0.25) is 0 Å². The van der Waals surface area contributed by atoms with Crippen LogP contribution in [-0.4, -0.2) is 28.7 Å². The standard InChI is InChI=1S/C13H18N2O3S/c1-4-13(2,12(14)19)15-11(17)9-7-8(18-3)5-6-10(9)16/h5-7,16H,4H2,1-3H3,(H2,14,19)(H,15,17). The van der Waals surface area contributed by atoms with Crippen LogP contribution in [-0.2, 0) is 0 Å². The number of benzene rings is 1. The number of methoxy groups -OCH3 is 1. The zero-order valence-electron chi connectivity index (χ0n) is 11.2. The van der Waals surface area contributed by atoms with Gasteiger partial charge in [0.25, 0.3) is 5.91 Å². The van der Waals surface area contributed by atoms with E-state index in [-0.39, 0.29) is 16.3 Å². The van der Waals surface area contributed by atoms with E-state index in [1.807, 2.05) is 6.92 Å². The largest absolute Gasteiger partial charge is 0.507 e. The fourth-order valence-corrected chi connectivity index (χ4v) is 1.66. The van der Waals surface area contributed by atoms with Crippen LogP contribution in [0.5, 0.6) is 11.5 Å². The second kappa shape index (κ2) is 5.88. The summed E-state index contributed by atoms with van der Waals surface area (Å²) in [7, 11) is 1.49. The fraction of sp³-hybridized carbons (Fsp3) is 0.385. The van der Waals surface area contributed by atoms with E-state index in [2.05, 4.69) is 5.32 Å². The van der Waals surface area contributed by atoms with Gasteiger partial charge in [0.15, 0.2) is 0 Å². The number of thiocarbonyl (C=S) groups is 1. The number of ether oxygens (including phenoxy) is 1. The highest BCUT2D eigenvalue weighted by Crippen LogP contribution is 2.23. The van der Waals surface area contributed by atoms with Crippen molar-refractivity contribution in [2.75, 3.05) is 7.11 Å². The summed E-state index contributed by atoms with van der Waals surface area (Å²) in [6, 6.07) is 4.43. The number of phenolic OH excluding ortho intramolecular Hbond substituents is 1. The number of nitrogens with one attached hydrogen (secondary N) is 1. The van der Waals surface area contributed by atoms with E-state index in [0.29, 0.717) is 12.2 Å². The summed E-state index contributed by atoms with van der Waals surface area (Å²) in [4.78, 5) is 12.4. The number of carbonyl (C=O) groups is 1. The minimum absolute atomic E-state index is 0.121. The Hall–Kier alpha value is -1.82. The lowest BCUT2D eigenvalue weighted by atomic mass is 9.98. The SMILES string of the molecule is CCC(C)(NC(=O)c1cc(OC)ccc1O)C(N)=S.